The topological polar surface area (TPSA) is 42.0 Å². The van der Waals surface area contributed by atoms with Crippen molar-refractivity contribution in [3.8, 4) is 11.3 Å². The van der Waals surface area contributed by atoms with Gasteiger partial charge in [0.05, 0.1) is 5.69 Å². The van der Waals surface area contributed by atoms with Crippen LogP contribution in [0.3, 0.4) is 0 Å². The van der Waals surface area contributed by atoms with E-state index in [1.165, 1.54) is 61.8 Å². The maximum atomic E-state index is 12.1. The van der Waals surface area contributed by atoms with E-state index in [9.17, 15) is 4.79 Å². The number of thiazole rings is 1. The molecular formula is C22H32N2OS. The molecule has 3 nitrogen and oxygen atoms in total. The number of benzene rings is 1. The van der Waals surface area contributed by atoms with Crippen LogP contribution in [-0.2, 0) is 4.79 Å². The fourth-order valence-corrected chi connectivity index (χ4v) is 3.70. The number of amides is 1. The van der Waals surface area contributed by atoms with E-state index < -0.39 is 0 Å². The van der Waals surface area contributed by atoms with E-state index in [1.807, 2.05) is 5.38 Å². The third-order valence-corrected chi connectivity index (χ3v) is 5.36. The van der Waals surface area contributed by atoms with E-state index in [-0.39, 0.29) is 5.91 Å². The highest BCUT2D eigenvalue weighted by molar-refractivity contribution is 7.14. The molecule has 0 bridgehead atoms. The van der Waals surface area contributed by atoms with E-state index in [2.05, 4.69) is 48.4 Å². The molecule has 1 N–H and O–H groups in total. The van der Waals surface area contributed by atoms with Crippen LogP contribution in [0.25, 0.3) is 11.3 Å². The van der Waals surface area contributed by atoms with Gasteiger partial charge in [-0.2, -0.15) is 0 Å². The summed E-state index contributed by atoms with van der Waals surface area (Å²) in [5.74, 6) is 0.0813. The molecule has 0 aliphatic heterocycles. The molecular weight excluding hydrogens is 340 g/mol. The van der Waals surface area contributed by atoms with Crippen LogP contribution >= 0.6 is 11.3 Å². The summed E-state index contributed by atoms with van der Waals surface area (Å²) in [5.41, 5.74) is 3.25. The molecule has 0 spiro atoms. The van der Waals surface area contributed by atoms with Gasteiger partial charge in [0.25, 0.3) is 0 Å². The smallest absolute Gasteiger partial charge is 0.226 e. The van der Waals surface area contributed by atoms with Gasteiger partial charge < -0.3 is 5.32 Å². The number of hydrogen-bond acceptors (Lipinski definition) is 3. The first-order valence-corrected chi connectivity index (χ1v) is 10.9. The summed E-state index contributed by atoms with van der Waals surface area (Å²) in [4.78, 5) is 16.6. The first-order valence-electron chi connectivity index (χ1n) is 10.0. The second-order valence-corrected chi connectivity index (χ2v) is 7.89. The highest BCUT2D eigenvalue weighted by atomic mass is 32.1. The van der Waals surface area contributed by atoms with Crippen LogP contribution in [0.15, 0.2) is 29.6 Å². The van der Waals surface area contributed by atoms with E-state index in [0.717, 1.165) is 24.1 Å². The highest BCUT2D eigenvalue weighted by Gasteiger charge is 2.08. The Hall–Kier alpha value is -1.68. The zero-order chi connectivity index (χ0) is 18.6. The van der Waals surface area contributed by atoms with Gasteiger partial charge in [0, 0.05) is 17.4 Å². The number of rotatable bonds is 12. The lowest BCUT2D eigenvalue weighted by Crippen LogP contribution is -2.10. The van der Waals surface area contributed by atoms with Crippen molar-refractivity contribution in [3.63, 3.8) is 0 Å². The molecule has 2 rings (SSSR count). The van der Waals surface area contributed by atoms with Gasteiger partial charge in [0.1, 0.15) is 0 Å². The average Bonchev–Trinajstić information content (AvgIpc) is 3.09. The molecule has 0 unspecified atom stereocenters. The Labute approximate surface area is 162 Å². The Bertz CT molecular complexity index is 648. The van der Waals surface area contributed by atoms with Crippen molar-refractivity contribution in [2.45, 2.75) is 78.1 Å². The predicted molar refractivity (Wildman–Crippen MR) is 113 cm³/mol. The molecule has 0 fully saturated rings. The van der Waals surface area contributed by atoms with Crippen molar-refractivity contribution in [1.29, 1.82) is 0 Å². The minimum Gasteiger partial charge on any atom is -0.302 e. The van der Waals surface area contributed by atoms with Crippen LogP contribution in [0.5, 0.6) is 0 Å². The van der Waals surface area contributed by atoms with Crippen molar-refractivity contribution in [3.05, 3.63) is 35.2 Å². The molecule has 142 valence electrons. The molecule has 1 aromatic heterocycles. The molecule has 26 heavy (non-hydrogen) atoms. The van der Waals surface area contributed by atoms with Crippen LogP contribution < -0.4 is 5.32 Å². The molecule has 1 amide bonds. The third kappa shape index (κ3) is 7.69. The molecule has 0 saturated heterocycles. The molecule has 0 aliphatic rings. The highest BCUT2D eigenvalue weighted by Crippen LogP contribution is 2.25. The normalized spacial score (nSPS) is 10.8. The molecule has 1 heterocycles. The quantitative estimate of drug-likeness (QED) is 0.408. The summed E-state index contributed by atoms with van der Waals surface area (Å²) in [7, 11) is 0. The number of nitrogens with zero attached hydrogens (tertiary/aromatic N) is 1. The van der Waals surface area contributed by atoms with Gasteiger partial charge in [-0.05, 0) is 13.3 Å². The molecule has 0 saturated carbocycles. The van der Waals surface area contributed by atoms with Gasteiger partial charge >= 0.3 is 0 Å². The lowest BCUT2D eigenvalue weighted by Gasteiger charge is -2.03. The van der Waals surface area contributed by atoms with Crippen LogP contribution in [-0.4, -0.2) is 10.9 Å². The fraction of sp³-hybridized carbons (Fsp3) is 0.545. The molecule has 1 aromatic carbocycles. The van der Waals surface area contributed by atoms with Gasteiger partial charge in [0.15, 0.2) is 5.13 Å². The lowest BCUT2D eigenvalue weighted by atomic mass is 10.1. The first-order chi connectivity index (χ1) is 12.7. The minimum absolute atomic E-state index is 0.0813. The Morgan fingerprint density at radius 1 is 0.962 bits per heavy atom. The van der Waals surface area contributed by atoms with E-state index in [1.54, 1.807) is 0 Å². The second kappa shape index (κ2) is 11.8. The summed E-state index contributed by atoms with van der Waals surface area (Å²) in [6.07, 6.45) is 12.0. The predicted octanol–water partition coefficient (Wildman–Crippen LogP) is 6.98. The number of carbonyl (C=O) groups is 1. The maximum absolute atomic E-state index is 12.1. The number of aromatic nitrogens is 1. The Morgan fingerprint density at radius 3 is 2.23 bits per heavy atom. The molecule has 0 aliphatic carbocycles. The maximum Gasteiger partial charge on any atom is 0.226 e. The van der Waals surface area contributed by atoms with Gasteiger partial charge in [-0.25, -0.2) is 4.98 Å². The van der Waals surface area contributed by atoms with Crippen molar-refractivity contribution in [2.75, 3.05) is 5.32 Å². The summed E-state index contributed by atoms with van der Waals surface area (Å²) in [6.45, 7) is 4.32. The Kier molecular flexibility index (Phi) is 9.40. The largest absolute Gasteiger partial charge is 0.302 e. The minimum atomic E-state index is 0.0813. The number of nitrogens with one attached hydrogen (secondary N) is 1. The van der Waals surface area contributed by atoms with Gasteiger partial charge in [-0.3, -0.25) is 4.79 Å². The number of unbranched alkanes of at least 4 members (excludes halogenated alkanes) is 8. The molecule has 2 aromatic rings. The summed E-state index contributed by atoms with van der Waals surface area (Å²) in [5, 5.41) is 5.63. The van der Waals surface area contributed by atoms with Crippen LogP contribution in [0.2, 0.25) is 0 Å². The standard InChI is InChI=1S/C22H32N2OS/c1-3-4-5-6-7-8-9-10-11-12-21(25)24-22-23-20(17-26-22)19-15-13-18(2)14-16-19/h13-17H,3-12H2,1-2H3,(H,23,24,25). The molecule has 0 radical (unpaired) electrons. The van der Waals surface area contributed by atoms with Crippen molar-refractivity contribution >= 4 is 22.4 Å². The molecule has 0 atom stereocenters. The second-order valence-electron chi connectivity index (χ2n) is 7.03. The Balaban J connectivity index is 1.60. The third-order valence-electron chi connectivity index (χ3n) is 4.61. The lowest BCUT2D eigenvalue weighted by molar-refractivity contribution is -0.116. The number of anilines is 1. The summed E-state index contributed by atoms with van der Waals surface area (Å²) >= 11 is 1.49. The summed E-state index contributed by atoms with van der Waals surface area (Å²) in [6, 6.07) is 8.30. The van der Waals surface area contributed by atoms with E-state index in [4.69, 9.17) is 0 Å². The zero-order valence-corrected chi connectivity index (χ0v) is 17.0. The van der Waals surface area contributed by atoms with Crippen molar-refractivity contribution < 1.29 is 4.79 Å². The Morgan fingerprint density at radius 2 is 1.58 bits per heavy atom. The summed E-state index contributed by atoms with van der Waals surface area (Å²) < 4.78 is 0. The van der Waals surface area contributed by atoms with Crippen LogP contribution in [0.4, 0.5) is 5.13 Å². The fourth-order valence-electron chi connectivity index (χ4n) is 2.97. The SMILES string of the molecule is CCCCCCCCCCCC(=O)Nc1nc(-c2ccc(C)cc2)cs1. The van der Waals surface area contributed by atoms with Gasteiger partial charge in [-0.15, -0.1) is 11.3 Å². The zero-order valence-electron chi connectivity index (χ0n) is 16.2. The van der Waals surface area contributed by atoms with E-state index in [0.29, 0.717) is 11.6 Å². The molecule has 4 heteroatoms. The monoisotopic (exact) mass is 372 g/mol. The average molecular weight is 373 g/mol. The van der Waals surface area contributed by atoms with Crippen LogP contribution in [0, 0.1) is 6.92 Å². The van der Waals surface area contributed by atoms with Gasteiger partial charge in [0.2, 0.25) is 5.91 Å². The number of hydrogen-bond donors (Lipinski definition) is 1. The number of carbonyl (C=O) groups excluding carboxylic acids is 1. The van der Waals surface area contributed by atoms with Gasteiger partial charge in [-0.1, -0.05) is 88.1 Å². The van der Waals surface area contributed by atoms with Crippen molar-refractivity contribution in [1.82, 2.24) is 4.98 Å². The van der Waals surface area contributed by atoms with Crippen molar-refractivity contribution in [2.24, 2.45) is 0 Å². The number of aryl methyl sites for hydroxylation is 1. The first kappa shape index (κ1) is 20.6. The van der Waals surface area contributed by atoms with Crippen LogP contribution in [0.1, 0.15) is 76.7 Å². The van der Waals surface area contributed by atoms with E-state index >= 15 is 0 Å².